The summed E-state index contributed by atoms with van der Waals surface area (Å²) in [6.07, 6.45) is 0. The smallest absolute Gasteiger partial charge is 0.335 e. The number of nitro benzene ring substituents is 1. The molecule has 0 aromatic heterocycles. The lowest BCUT2D eigenvalue weighted by Gasteiger charge is -2.11. The number of hydrogen-bond acceptors (Lipinski definition) is 5. The van der Waals surface area contributed by atoms with E-state index in [1.165, 1.54) is 48.5 Å². The van der Waals surface area contributed by atoms with Gasteiger partial charge in [-0.15, -0.1) is 0 Å². The Bertz CT molecular complexity index is 1110. The summed E-state index contributed by atoms with van der Waals surface area (Å²) in [7, 11) is 0. The number of non-ortho nitro benzene ring substituents is 1. The van der Waals surface area contributed by atoms with Gasteiger partial charge in [0.1, 0.15) is 5.75 Å². The molecule has 3 aromatic carbocycles. The van der Waals surface area contributed by atoms with Gasteiger partial charge in [0.15, 0.2) is 0 Å². The highest BCUT2D eigenvalue weighted by Gasteiger charge is 2.16. The lowest BCUT2D eigenvalue weighted by molar-refractivity contribution is -0.384. The number of carboxylic acids is 1. The number of aromatic carboxylic acids is 1. The van der Waals surface area contributed by atoms with Gasteiger partial charge in [-0.05, 0) is 47.5 Å². The summed E-state index contributed by atoms with van der Waals surface area (Å²) in [5.41, 5.74) is 0.658. The van der Waals surface area contributed by atoms with E-state index in [9.17, 15) is 24.8 Å². The number of benzene rings is 3. The van der Waals surface area contributed by atoms with Crippen LogP contribution in [0.5, 0.6) is 5.75 Å². The van der Waals surface area contributed by atoms with E-state index < -0.39 is 16.8 Å². The number of hydrogen-bond donors (Lipinski definition) is 3. The fraction of sp³-hybridized carbons (Fsp3) is 0.0526. The van der Waals surface area contributed by atoms with Gasteiger partial charge in [-0.2, -0.15) is 0 Å². The van der Waals surface area contributed by atoms with E-state index in [2.05, 4.69) is 5.32 Å². The number of rotatable bonds is 4. The highest BCUT2D eigenvalue weighted by molar-refractivity contribution is 6.09. The molecule has 0 aliphatic heterocycles. The van der Waals surface area contributed by atoms with Gasteiger partial charge in [-0.3, -0.25) is 14.9 Å². The van der Waals surface area contributed by atoms with Gasteiger partial charge in [0.2, 0.25) is 0 Å². The van der Waals surface area contributed by atoms with Gasteiger partial charge in [0.25, 0.3) is 11.6 Å². The molecule has 0 heterocycles. The minimum Gasteiger partial charge on any atom is -0.507 e. The maximum Gasteiger partial charge on any atom is 0.335 e. The van der Waals surface area contributed by atoms with Crippen LogP contribution >= 0.6 is 0 Å². The number of carboxylic acid groups (broad SMARTS) is 1. The first-order valence-corrected chi connectivity index (χ1v) is 7.82. The number of nitrogens with zero attached hydrogens (tertiary/aromatic N) is 1. The minimum atomic E-state index is -1.11. The summed E-state index contributed by atoms with van der Waals surface area (Å²) >= 11 is 0. The number of phenols is 1. The van der Waals surface area contributed by atoms with Crippen molar-refractivity contribution in [2.45, 2.75) is 6.92 Å². The van der Waals surface area contributed by atoms with Gasteiger partial charge in [-0.25, -0.2) is 4.79 Å². The highest BCUT2D eigenvalue weighted by Crippen LogP contribution is 2.28. The summed E-state index contributed by atoms with van der Waals surface area (Å²) in [5, 5.41) is 33.7. The Hall–Kier alpha value is -3.94. The second-order valence-corrected chi connectivity index (χ2v) is 5.95. The molecule has 0 radical (unpaired) electrons. The Morgan fingerprint density at radius 3 is 2.44 bits per heavy atom. The summed E-state index contributed by atoms with van der Waals surface area (Å²) in [6, 6.07) is 11.1. The molecule has 3 rings (SSSR count). The fourth-order valence-electron chi connectivity index (χ4n) is 2.65. The number of aryl methyl sites for hydroxylation is 1. The maximum atomic E-state index is 12.6. The van der Waals surface area contributed by atoms with Crippen LogP contribution in [0.25, 0.3) is 10.8 Å². The van der Waals surface area contributed by atoms with Gasteiger partial charge >= 0.3 is 5.97 Å². The number of amides is 1. The number of fused-ring (bicyclic) bond motifs is 1. The first-order chi connectivity index (χ1) is 12.8. The zero-order valence-electron chi connectivity index (χ0n) is 14.1. The Balaban J connectivity index is 2.00. The van der Waals surface area contributed by atoms with Crippen LogP contribution in [0, 0.1) is 17.0 Å². The van der Waals surface area contributed by atoms with Crippen LogP contribution in [0.4, 0.5) is 11.4 Å². The standard InChI is InChI=1S/C19H14N2O6/c1-10-2-5-14(21(26)27)9-16(10)20-18(23)15-7-13-6-12(19(24)25)4-3-11(13)8-17(15)22/h2-9,22H,1H3,(H,20,23)(H,24,25). The zero-order chi connectivity index (χ0) is 19.7. The van der Waals surface area contributed by atoms with Crippen LogP contribution in [0.15, 0.2) is 48.5 Å². The number of phenolic OH excluding ortho intramolecular Hbond substituents is 1. The molecule has 8 nitrogen and oxygen atoms in total. The fourth-order valence-corrected chi connectivity index (χ4v) is 2.65. The van der Waals surface area contributed by atoms with Gasteiger partial charge in [0, 0.05) is 12.1 Å². The molecular weight excluding hydrogens is 352 g/mol. The normalized spacial score (nSPS) is 10.6. The van der Waals surface area contributed by atoms with E-state index in [0.717, 1.165) is 0 Å². The van der Waals surface area contributed by atoms with E-state index in [1.54, 1.807) is 6.92 Å². The molecule has 3 N–H and O–H groups in total. The summed E-state index contributed by atoms with van der Waals surface area (Å²) < 4.78 is 0. The maximum absolute atomic E-state index is 12.6. The second kappa shape index (κ2) is 6.75. The molecule has 1 amide bonds. The topological polar surface area (TPSA) is 130 Å². The number of anilines is 1. The van der Waals surface area contributed by atoms with Crippen LogP contribution in [0.2, 0.25) is 0 Å². The van der Waals surface area contributed by atoms with Crippen LogP contribution in [-0.4, -0.2) is 27.0 Å². The van der Waals surface area contributed by atoms with E-state index in [-0.39, 0.29) is 28.3 Å². The molecule has 3 aromatic rings. The number of nitrogens with one attached hydrogen (secondary N) is 1. The molecule has 0 fully saturated rings. The summed E-state index contributed by atoms with van der Waals surface area (Å²) in [6.45, 7) is 1.68. The Morgan fingerprint density at radius 2 is 1.78 bits per heavy atom. The Kier molecular flexibility index (Phi) is 4.47. The summed E-state index contributed by atoms with van der Waals surface area (Å²) in [4.78, 5) is 34.0. The number of aromatic hydroxyl groups is 1. The first kappa shape index (κ1) is 17.9. The Morgan fingerprint density at radius 1 is 1.04 bits per heavy atom. The molecule has 27 heavy (non-hydrogen) atoms. The third-order valence-electron chi connectivity index (χ3n) is 4.13. The number of carbonyl (C=O) groups excluding carboxylic acids is 1. The van der Waals surface area contributed by atoms with Crippen LogP contribution in [0.1, 0.15) is 26.3 Å². The van der Waals surface area contributed by atoms with Crippen LogP contribution in [-0.2, 0) is 0 Å². The average molecular weight is 366 g/mol. The molecule has 0 atom stereocenters. The van der Waals surface area contributed by atoms with Crippen LogP contribution < -0.4 is 5.32 Å². The molecular formula is C19H14N2O6. The quantitative estimate of drug-likeness (QED) is 0.477. The lowest BCUT2D eigenvalue weighted by atomic mass is 10.0. The van der Waals surface area contributed by atoms with E-state index in [4.69, 9.17) is 5.11 Å². The van der Waals surface area contributed by atoms with E-state index >= 15 is 0 Å². The molecule has 0 aliphatic carbocycles. The third kappa shape index (κ3) is 3.54. The minimum absolute atomic E-state index is 0.0501. The number of nitro groups is 1. The third-order valence-corrected chi connectivity index (χ3v) is 4.13. The molecule has 0 bridgehead atoms. The van der Waals surface area contributed by atoms with Crippen molar-refractivity contribution < 1.29 is 24.7 Å². The van der Waals surface area contributed by atoms with E-state index in [1.807, 2.05) is 0 Å². The number of carbonyl (C=O) groups is 2. The van der Waals surface area contributed by atoms with Crippen molar-refractivity contribution in [2.24, 2.45) is 0 Å². The van der Waals surface area contributed by atoms with Crippen molar-refractivity contribution in [3.8, 4) is 5.75 Å². The van der Waals surface area contributed by atoms with Crippen molar-refractivity contribution in [2.75, 3.05) is 5.32 Å². The SMILES string of the molecule is Cc1ccc([N+](=O)[O-])cc1NC(=O)c1cc2cc(C(=O)O)ccc2cc1O. The molecule has 0 spiro atoms. The molecule has 8 heteroatoms. The highest BCUT2D eigenvalue weighted by atomic mass is 16.6. The predicted octanol–water partition coefficient (Wildman–Crippen LogP) is 3.71. The average Bonchev–Trinajstić information content (AvgIpc) is 2.62. The van der Waals surface area contributed by atoms with Gasteiger partial charge in [-0.1, -0.05) is 12.1 Å². The molecule has 0 saturated carbocycles. The van der Waals surface area contributed by atoms with Crippen molar-refractivity contribution in [1.82, 2.24) is 0 Å². The Labute approximate surface area is 152 Å². The van der Waals surface area contributed by atoms with E-state index in [0.29, 0.717) is 16.3 Å². The molecule has 0 unspecified atom stereocenters. The molecule has 0 saturated heterocycles. The largest absolute Gasteiger partial charge is 0.507 e. The van der Waals surface area contributed by atoms with Gasteiger partial charge in [0.05, 0.1) is 21.7 Å². The zero-order valence-corrected chi connectivity index (χ0v) is 14.1. The van der Waals surface area contributed by atoms with Crippen molar-refractivity contribution in [3.05, 3.63) is 75.3 Å². The van der Waals surface area contributed by atoms with Crippen molar-refractivity contribution in [1.29, 1.82) is 0 Å². The molecule has 136 valence electrons. The molecule has 0 aliphatic rings. The summed E-state index contributed by atoms with van der Waals surface area (Å²) in [5.74, 6) is -2.06. The first-order valence-electron chi connectivity index (χ1n) is 7.82. The predicted molar refractivity (Wildman–Crippen MR) is 98.4 cm³/mol. The van der Waals surface area contributed by atoms with Gasteiger partial charge < -0.3 is 15.5 Å². The van der Waals surface area contributed by atoms with Crippen molar-refractivity contribution >= 4 is 34.0 Å². The van der Waals surface area contributed by atoms with Crippen molar-refractivity contribution in [3.63, 3.8) is 0 Å². The second-order valence-electron chi connectivity index (χ2n) is 5.95. The lowest BCUT2D eigenvalue weighted by Crippen LogP contribution is -2.13. The monoisotopic (exact) mass is 366 g/mol. The van der Waals surface area contributed by atoms with Crippen LogP contribution in [0.3, 0.4) is 0 Å².